The highest BCUT2D eigenvalue weighted by atomic mass is 15.2. The Hall–Kier alpha value is -0.570. The van der Waals surface area contributed by atoms with Crippen LogP contribution in [0.15, 0.2) is 0 Å². The third-order valence-corrected chi connectivity index (χ3v) is 5.37. The second-order valence-corrected chi connectivity index (χ2v) is 6.33. The molecule has 0 aromatic carbocycles. The first-order chi connectivity index (χ1) is 8.59. The molecule has 1 heterocycles. The van der Waals surface area contributed by atoms with E-state index in [-0.39, 0.29) is 11.6 Å². The summed E-state index contributed by atoms with van der Waals surface area (Å²) in [5, 5.41) is 8.27. The van der Waals surface area contributed by atoms with E-state index in [4.69, 9.17) is 11.1 Å². The molecule has 0 spiro atoms. The maximum atomic E-state index is 8.27. The molecule has 1 saturated heterocycles. The van der Waals surface area contributed by atoms with E-state index in [0.29, 0.717) is 5.92 Å². The molecule has 104 valence electrons. The van der Waals surface area contributed by atoms with Gasteiger partial charge in [-0.15, -0.1) is 0 Å². The van der Waals surface area contributed by atoms with Gasteiger partial charge < -0.3 is 10.6 Å². The van der Waals surface area contributed by atoms with Crippen LogP contribution < -0.4 is 5.73 Å². The third kappa shape index (κ3) is 2.29. The predicted octanol–water partition coefficient (Wildman–Crippen LogP) is 3.14. The Morgan fingerprint density at radius 1 is 1.22 bits per heavy atom. The largest absolute Gasteiger partial charge is 0.356 e. The molecular weight excluding hydrogens is 222 g/mol. The normalized spacial score (nSPS) is 33.3. The molecule has 0 aromatic heterocycles. The lowest BCUT2D eigenvalue weighted by atomic mass is 9.68. The van der Waals surface area contributed by atoms with Crippen molar-refractivity contribution in [3.05, 3.63) is 0 Å². The first kappa shape index (κ1) is 13.9. The minimum absolute atomic E-state index is 0.0496. The Labute approximate surface area is 112 Å². The number of likely N-dealkylation sites (N-methyl/N-ethyl adjacent to an activating group) is 1. The van der Waals surface area contributed by atoms with Gasteiger partial charge in [-0.05, 0) is 38.5 Å². The summed E-state index contributed by atoms with van der Waals surface area (Å²) in [4.78, 5) is 2.25. The van der Waals surface area contributed by atoms with E-state index in [1.54, 1.807) is 0 Å². The summed E-state index contributed by atoms with van der Waals surface area (Å²) in [6.45, 7) is 2.16. The minimum atomic E-state index is 0.0496. The van der Waals surface area contributed by atoms with Gasteiger partial charge in [-0.2, -0.15) is 0 Å². The van der Waals surface area contributed by atoms with Crippen molar-refractivity contribution in [3.8, 4) is 0 Å². The molecule has 0 bridgehead atoms. The fourth-order valence-electron chi connectivity index (χ4n) is 4.27. The molecule has 3 N–H and O–H groups in total. The highest BCUT2D eigenvalue weighted by molar-refractivity contribution is 5.80. The van der Waals surface area contributed by atoms with Crippen LogP contribution in [0.3, 0.4) is 0 Å². The molecule has 3 heteroatoms. The molecule has 1 saturated carbocycles. The van der Waals surface area contributed by atoms with Gasteiger partial charge in [0.15, 0.2) is 0 Å². The highest BCUT2D eigenvalue weighted by Crippen LogP contribution is 2.42. The zero-order chi connectivity index (χ0) is 13.2. The van der Waals surface area contributed by atoms with Crippen LogP contribution in [0.2, 0.25) is 0 Å². The van der Waals surface area contributed by atoms with Crippen LogP contribution in [0.1, 0.15) is 64.7 Å². The van der Waals surface area contributed by atoms with Crippen molar-refractivity contribution in [1.82, 2.24) is 4.90 Å². The quantitative estimate of drug-likeness (QED) is 0.792. The van der Waals surface area contributed by atoms with Gasteiger partial charge in [0.05, 0.1) is 11.4 Å². The average molecular weight is 251 g/mol. The average Bonchev–Trinajstić information content (AvgIpc) is 2.52. The van der Waals surface area contributed by atoms with E-state index < -0.39 is 0 Å². The molecule has 2 rings (SSSR count). The third-order valence-electron chi connectivity index (χ3n) is 5.37. The summed E-state index contributed by atoms with van der Waals surface area (Å²) in [7, 11) is 2.12. The molecule has 2 atom stereocenters. The Kier molecular flexibility index (Phi) is 4.31. The molecule has 0 radical (unpaired) electrons. The SMILES string of the molecule is CC(N)C1(C2CCCCC2)CCCCC(=N)N1C. The molecule has 2 aliphatic rings. The predicted molar refractivity (Wildman–Crippen MR) is 76.9 cm³/mol. The summed E-state index contributed by atoms with van der Waals surface area (Å²) < 4.78 is 0. The number of hydrogen-bond acceptors (Lipinski definition) is 2. The van der Waals surface area contributed by atoms with Gasteiger partial charge in [0, 0.05) is 19.5 Å². The molecule has 18 heavy (non-hydrogen) atoms. The lowest BCUT2D eigenvalue weighted by Gasteiger charge is -2.51. The number of hydrogen-bond donors (Lipinski definition) is 2. The van der Waals surface area contributed by atoms with Crippen molar-refractivity contribution in [3.63, 3.8) is 0 Å². The monoisotopic (exact) mass is 251 g/mol. The number of likely N-dealkylation sites (tertiary alicyclic amines) is 1. The van der Waals surface area contributed by atoms with Crippen molar-refractivity contribution in [2.45, 2.75) is 76.3 Å². The van der Waals surface area contributed by atoms with Crippen LogP contribution in [-0.4, -0.2) is 29.4 Å². The van der Waals surface area contributed by atoms with Gasteiger partial charge in [-0.1, -0.05) is 25.7 Å². The summed E-state index contributed by atoms with van der Waals surface area (Å²) in [6, 6.07) is 0.157. The number of amidine groups is 1. The van der Waals surface area contributed by atoms with E-state index in [2.05, 4.69) is 18.9 Å². The summed E-state index contributed by atoms with van der Waals surface area (Å²) in [5.41, 5.74) is 6.47. The molecule has 2 unspecified atom stereocenters. The topological polar surface area (TPSA) is 53.1 Å². The highest BCUT2D eigenvalue weighted by Gasteiger charge is 2.46. The number of nitrogens with zero attached hydrogens (tertiary/aromatic N) is 1. The van der Waals surface area contributed by atoms with E-state index in [1.807, 2.05) is 0 Å². The smallest absolute Gasteiger partial charge is 0.0960 e. The molecule has 1 aliphatic carbocycles. The zero-order valence-corrected chi connectivity index (χ0v) is 12.0. The Morgan fingerprint density at radius 3 is 2.50 bits per heavy atom. The Morgan fingerprint density at radius 2 is 1.89 bits per heavy atom. The standard InChI is InChI=1S/C15H29N3/c1-12(16)15(13-8-4-3-5-9-13)11-7-6-10-14(17)18(15)2/h12-13,17H,3-11,16H2,1-2H3. The van der Waals surface area contributed by atoms with Crippen LogP contribution in [0, 0.1) is 11.3 Å². The van der Waals surface area contributed by atoms with E-state index in [9.17, 15) is 0 Å². The van der Waals surface area contributed by atoms with Crippen LogP contribution in [0.5, 0.6) is 0 Å². The van der Waals surface area contributed by atoms with Gasteiger partial charge in [-0.3, -0.25) is 5.41 Å². The first-order valence-corrected chi connectivity index (χ1v) is 7.66. The maximum absolute atomic E-state index is 8.27. The van der Waals surface area contributed by atoms with E-state index >= 15 is 0 Å². The lowest BCUT2D eigenvalue weighted by molar-refractivity contribution is 0.0564. The fourth-order valence-corrected chi connectivity index (χ4v) is 4.27. The fraction of sp³-hybridized carbons (Fsp3) is 0.933. The van der Waals surface area contributed by atoms with Crippen LogP contribution >= 0.6 is 0 Å². The van der Waals surface area contributed by atoms with E-state index in [1.165, 1.54) is 44.9 Å². The molecule has 2 fully saturated rings. The van der Waals surface area contributed by atoms with Gasteiger partial charge in [0.2, 0.25) is 0 Å². The van der Waals surface area contributed by atoms with Crippen molar-refractivity contribution in [1.29, 1.82) is 5.41 Å². The maximum Gasteiger partial charge on any atom is 0.0960 e. The van der Waals surface area contributed by atoms with Crippen molar-refractivity contribution in [2.24, 2.45) is 11.7 Å². The summed E-state index contributed by atoms with van der Waals surface area (Å²) in [5.74, 6) is 1.49. The lowest BCUT2D eigenvalue weighted by Crippen LogP contribution is -2.63. The van der Waals surface area contributed by atoms with Crippen molar-refractivity contribution >= 4 is 5.84 Å². The first-order valence-electron chi connectivity index (χ1n) is 7.66. The molecule has 0 amide bonds. The van der Waals surface area contributed by atoms with Gasteiger partial charge in [-0.25, -0.2) is 0 Å². The van der Waals surface area contributed by atoms with Crippen LogP contribution in [0.25, 0.3) is 0 Å². The van der Waals surface area contributed by atoms with Crippen molar-refractivity contribution < 1.29 is 0 Å². The molecular formula is C15H29N3. The number of nitrogens with two attached hydrogens (primary N) is 1. The van der Waals surface area contributed by atoms with Crippen molar-refractivity contribution in [2.75, 3.05) is 7.05 Å². The Bertz CT molecular complexity index is 294. The summed E-state index contributed by atoms with van der Waals surface area (Å²) in [6.07, 6.45) is 11.2. The number of nitrogens with one attached hydrogen (secondary N) is 1. The molecule has 1 aliphatic heterocycles. The van der Waals surface area contributed by atoms with Crippen LogP contribution in [0.4, 0.5) is 0 Å². The minimum Gasteiger partial charge on any atom is -0.356 e. The second-order valence-electron chi connectivity index (χ2n) is 6.33. The van der Waals surface area contributed by atoms with E-state index in [0.717, 1.165) is 18.7 Å². The summed E-state index contributed by atoms with van der Waals surface area (Å²) >= 11 is 0. The van der Waals surface area contributed by atoms with Gasteiger partial charge in [0.25, 0.3) is 0 Å². The van der Waals surface area contributed by atoms with Gasteiger partial charge >= 0.3 is 0 Å². The molecule has 0 aromatic rings. The Balaban J connectivity index is 2.30. The zero-order valence-electron chi connectivity index (χ0n) is 12.0. The van der Waals surface area contributed by atoms with Gasteiger partial charge in [0.1, 0.15) is 0 Å². The molecule has 3 nitrogen and oxygen atoms in total. The second kappa shape index (κ2) is 5.60. The van der Waals surface area contributed by atoms with Crippen LogP contribution in [-0.2, 0) is 0 Å². The number of rotatable bonds is 2.